The molecule has 0 N–H and O–H groups in total. The predicted octanol–water partition coefficient (Wildman–Crippen LogP) is 4.96. The molecular formula is C16H32O2Si. The Morgan fingerprint density at radius 3 is 2.00 bits per heavy atom. The number of rotatable bonds is 5. The van der Waals surface area contributed by atoms with Gasteiger partial charge in [-0.2, -0.15) is 0 Å². The molecule has 0 aromatic heterocycles. The summed E-state index contributed by atoms with van der Waals surface area (Å²) < 4.78 is 6.25. The van der Waals surface area contributed by atoms with Gasteiger partial charge >= 0.3 is 0 Å². The summed E-state index contributed by atoms with van der Waals surface area (Å²) in [6, 6.07) is 0. The van der Waals surface area contributed by atoms with E-state index in [1.54, 1.807) is 6.08 Å². The first kappa shape index (κ1) is 18.6. The maximum atomic E-state index is 11.8. The molecular weight excluding hydrogens is 252 g/mol. The Morgan fingerprint density at radius 2 is 1.63 bits per heavy atom. The molecule has 0 bridgehead atoms. The van der Waals surface area contributed by atoms with Crippen LogP contribution in [0.3, 0.4) is 0 Å². The van der Waals surface area contributed by atoms with E-state index in [2.05, 4.69) is 40.8 Å². The van der Waals surface area contributed by atoms with E-state index < -0.39 is 8.32 Å². The highest BCUT2D eigenvalue weighted by Gasteiger charge is 2.38. The molecule has 0 saturated carbocycles. The zero-order chi connectivity index (χ0) is 15.5. The molecule has 0 amide bonds. The summed E-state index contributed by atoms with van der Waals surface area (Å²) in [7, 11) is -1.70. The van der Waals surface area contributed by atoms with Crippen LogP contribution < -0.4 is 0 Å². The summed E-state index contributed by atoms with van der Waals surface area (Å²) in [5, 5.41) is 0.228. The largest absolute Gasteiger partial charge is 0.414 e. The first-order valence-electron chi connectivity index (χ1n) is 7.16. The maximum absolute atomic E-state index is 11.8. The van der Waals surface area contributed by atoms with Crippen molar-refractivity contribution in [3.8, 4) is 0 Å². The molecule has 0 rings (SSSR count). The van der Waals surface area contributed by atoms with E-state index in [1.165, 1.54) is 0 Å². The fourth-order valence-corrected chi connectivity index (χ4v) is 2.80. The van der Waals surface area contributed by atoms with Crippen LogP contribution in [-0.4, -0.2) is 20.2 Å². The highest BCUT2D eigenvalue weighted by molar-refractivity contribution is 6.74. The van der Waals surface area contributed by atoms with Crippen LogP contribution in [0.2, 0.25) is 18.1 Å². The van der Waals surface area contributed by atoms with E-state index in [4.69, 9.17) is 4.43 Å². The molecule has 1 unspecified atom stereocenters. The van der Waals surface area contributed by atoms with Crippen LogP contribution in [0.4, 0.5) is 0 Å². The second-order valence-electron chi connectivity index (χ2n) is 7.94. The van der Waals surface area contributed by atoms with Gasteiger partial charge in [-0.05, 0) is 37.6 Å². The second-order valence-corrected chi connectivity index (χ2v) is 12.7. The van der Waals surface area contributed by atoms with Crippen molar-refractivity contribution in [2.45, 2.75) is 79.1 Å². The minimum atomic E-state index is -1.70. The number of hydrogen-bond donors (Lipinski definition) is 0. The number of carbonyl (C=O) groups excluding carboxylic acids is 1. The number of hydrogen-bond acceptors (Lipinski definition) is 2. The van der Waals surface area contributed by atoms with E-state index in [0.29, 0.717) is 0 Å². The monoisotopic (exact) mass is 284 g/mol. The van der Waals surface area contributed by atoms with E-state index >= 15 is 0 Å². The van der Waals surface area contributed by atoms with Gasteiger partial charge in [-0.15, -0.1) is 0 Å². The van der Waals surface area contributed by atoms with Gasteiger partial charge < -0.3 is 4.43 Å². The molecule has 1 atom stereocenters. The lowest BCUT2D eigenvalue weighted by molar-refractivity contribution is -0.121. The molecule has 0 spiro atoms. The summed E-state index contributed by atoms with van der Waals surface area (Å²) in [6.07, 6.45) is 4.62. The highest BCUT2D eigenvalue weighted by Crippen LogP contribution is 2.37. The van der Waals surface area contributed by atoms with Crippen molar-refractivity contribution in [1.29, 1.82) is 0 Å². The molecule has 0 aromatic carbocycles. The third kappa shape index (κ3) is 6.53. The van der Waals surface area contributed by atoms with Gasteiger partial charge in [0.2, 0.25) is 0 Å². The van der Waals surface area contributed by atoms with Gasteiger partial charge in [0.05, 0.1) is 0 Å². The molecule has 0 saturated heterocycles. The van der Waals surface area contributed by atoms with Gasteiger partial charge in [0.25, 0.3) is 0 Å². The molecule has 0 aromatic rings. The molecule has 0 heterocycles. The topological polar surface area (TPSA) is 26.3 Å². The Balaban J connectivity index is 4.39. The molecule has 0 fully saturated rings. The van der Waals surface area contributed by atoms with Crippen molar-refractivity contribution >= 4 is 14.1 Å². The summed E-state index contributed by atoms with van der Waals surface area (Å²) in [5.41, 5.74) is -0.292. The summed E-state index contributed by atoms with van der Waals surface area (Å²) in [6.45, 7) is 19.1. The average Bonchev–Trinajstić information content (AvgIpc) is 2.12. The van der Waals surface area contributed by atoms with Crippen LogP contribution >= 0.6 is 0 Å². The molecule has 2 nitrogen and oxygen atoms in total. The Hall–Kier alpha value is -0.413. The lowest BCUT2D eigenvalue weighted by Crippen LogP contribution is -2.43. The van der Waals surface area contributed by atoms with Crippen molar-refractivity contribution in [1.82, 2.24) is 0 Å². The van der Waals surface area contributed by atoms with Crippen molar-refractivity contribution in [3.63, 3.8) is 0 Å². The molecule has 3 heteroatoms. The van der Waals surface area contributed by atoms with Crippen molar-refractivity contribution in [2.75, 3.05) is 0 Å². The van der Waals surface area contributed by atoms with Crippen molar-refractivity contribution in [2.24, 2.45) is 5.41 Å². The third-order valence-electron chi connectivity index (χ3n) is 3.78. The summed E-state index contributed by atoms with van der Waals surface area (Å²) in [4.78, 5) is 11.8. The quantitative estimate of drug-likeness (QED) is 0.527. The minimum Gasteiger partial charge on any atom is -0.414 e. The van der Waals surface area contributed by atoms with Crippen molar-refractivity contribution < 1.29 is 9.22 Å². The van der Waals surface area contributed by atoms with Gasteiger partial charge in [0.1, 0.15) is 0 Å². The SMILES string of the molecule is CC(C/C=C/C(=O)C(C)(C)C)O[Si](C)(C)C(C)(C)C. The first-order chi connectivity index (χ1) is 8.27. The van der Waals surface area contributed by atoms with Crippen LogP contribution in [-0.2, 0) is 9.22 Å². The van der Waals surface area contributed by atoms with Crippen LogP contribution in [0.15, 0.2) is 12.2 Å². The number of carbonyl (C=O) groups is 1. The average molecular weight is 285 g/mol. The van der Waals surface area contributed by atoms with Crippen LogP contribution in [0.1, 0.15) is 54.9 Å². The Bertz CT molecular complexity index is 330. The lowest BCUT2D eigenvalue weighted by Gasteiger charge is -2.38. The molecule has 0 aliphatic rings. The lowest BCUT2D eigenvalue weighted by atomic mass is 9.90. The van der Waals surface area contributed by atoms with Gasteiger partial charge in [-0.25, -0.2) is 0 Å². The van der Waals surface area contributed by atoms with E-state index in [9.17, 15) is 4.79 Å². The second kappa shape index (κ2) is 6.36. The van der Waals surface area contributed by atoms with Crippen LogP contribution in [0, 0.1) is 5.41 Å². The molecule has 0 radical (unpaired) electrons. The normalized spacial score (nSPS) is 15.8. The van der Waals surface area contributed by atoms with E-state index in [0.717, 1.165) is 6.42 Å². The van der Waals surface area contributed by atoms with Gasteiger partial charge in [0.15, 0.2) is 14.1 Å². The van der Waals surface area contributed by atoms with Crippen LogP contribution in [0.5, 0.6) is 0 Å². The predicted molar refractivity (Wildman–Crippen MR) is 86.0 cm³/mol. The van der Waals surface area contributed by atoms with Gasteiger partial charge in [0, 0.05) is 11.5 Å². The highest BCUT2D eigenvalue weighted by atomic mass is 28.4. The Morgan fingerprint density at radius 1 is 1.16 bits per heavy atom. The summed E-state index contributed by atoms with van der Waals surface area (Å²) in [5.74, 6) is 0.173. The Labute approximate surface area is 120 Å². The zero-order valence-electron chi connectivity index (χ0n) is 14.3. The Kier molecular flexibility index (Phi) is 6.22. The van der Waals surface area contributed by atoms with Gasteiger partial charge in [-0.1, -0.05) is 47.6 Å². The third-order valence-corrected chi connectivity index (χ3v) is 8.38. The van der Waals surface area contributed by atoms with Gasteiger partial charge in [-0.3, -0.25) is 4.79 Å². The number of ketones is 1. The molecule has 0 aliphatic heterocycles. The summed E-state index contributed by atoms with van der Waals surface area (Å²) >= 11 is 0. The molecule has 0 aliphatic carbocycles. The minimum absolute atomic E-state index is 0.171. The standard InChI is InChI=1S/C16H32O2Si/c1-13(18-19(8,9)16(5,6)7)11-10-12-14(17)15(2,3)4/h10,12-13H,11H2,1-9H3/b12-10+. The van der Waals surface area contributed by atoms with E-state index in [1.807, 2.05) is 26.8 Å². The first-order valence-corrected chi connectivity index (χ1v) is 10.1. The number of allylic oxidation sites excluding steroid dienone is 1. The molecule has 112 valence electrons. The fourth-order valence-electron chi connectivity index (χ4n) is 1.34. The van der Waals surface area contributed by atoms with Crippen LogP contribution in [0.25, 0.3) is 0 Å². The smallest absolute Gasteiger partial charge is 0.192 e. The van der Waals surface area contributed by atoms with Crippen molar-refractivity contribution in [3.05, 3.63) is 12.2 Å². The maximum Gasteiger partial charge on any atom is 0.192 e. The fraction of sp³-hybridized carbons (Fsp3) is 0.812. The zero-order valence-corrected chi connectivity index (χ0v) is 15.3. The van der Waals surface area contributed by atoms with E-state index in [-0.39, 0.29) is 22.3 Å². The molecule has 19 heavy (non-hydrogen) atoms.